The fraction of sp³-hybridized carbons (Fsp3) is 0.231. The van der Waals surface area contributed by atoms with Crippen LogP contribution in [0.3, 0.4) is 0 Å². The van der Waals surface area contributed by atoms with Crippen LogP contribution in [0, 0.1) is 6.92 Å². The van der Waals surface area contributed by atoms with Gasteiger partial charge in [-0.3, -0.25) is 0 Å². The third-order valence-electron chi connectivity index (χ3n) is 2.57. The predicted molar refractivity (Wildman–Crippen MR) is 71.9 cm³/mol. The molecule has 0 aliphatic heterocycles. The summed E-state index contributed by atoms with van der Waals surface area (Å²) in [7, 11) is 0. The zero-order valence-electron chi connectivity index (χ0n) is 9.77. The van der Waals surface area contributed by atoms with Crippen LogP contribution in [-0.2, 0) is 6.42 Å². The average Bonchev–Trinajstić information content (AvgIpc) is 2.32. The quantitative estimate of drug-likeness (QED) is 0.939. The SMILES string of the molecule is Cc1nccc(C(O)Cc2ccc(Cl)cc2Cl)n1. The van der Waals surface area contributed by atoms with E-state index in [2.05, 4.69) is 9.97 Å². The third-order valence-corrected chi connectivity index (χ3v) is 3.15. The molecule has 0 saturated heterocycles. The van der Waals surface area contributed by atoms with Crippen molar-refractivity contribution in [1.82, 2.24) is 9.97 Å². The lowest BCUT2D eigenvalue weighted by Gasteiger charge is -2.11. The molecular weight excluding hydrogens is 271 g/mol. The number of aromatic nitrogens is 2. The van der Waals surface area contributed by atoms with Crippen LogP contribution in [0.4, 0.5) is 0 Å². The van der Waals surface area contributed by atoms with Crippen LogP contribution in [0.1, 0.15) is 23.2 Å². The van der Waals surface area contributed by atoms with Gasteiger partial charge in [0.05, 0.1) is 5.69 Å². The highest BCUT2D eigenvalue weighted by molar-refractivity contribution is 6.35. The van der Waals surface area contributed by atoms with E-state index in [1.54, 1.807) is 31.3 Å². The second kappa shape index (κ2) is 5.65. The zero-order valence-corrected chi connectivity index (χ0v) is 11.3. The Morgan fingerprint density at radius 2 is 2.06 bits per heavy atom. The predicted octanol–water partition coefficient (Wildman–Crippen LogP) is 3.37. The smallest absolute Gasteiger partial charge is 0.125 e. The van der Waals surface area contributed by atoms with E-state index in [1.165, 1.54) is 0 Å². The molecule has 0 spiro atoms. The monoisotopic (exact) mass is 282 g/mol. The molecule has 2 aromatic rings. The van der Waals surface area contributed by atoms with E-state index >= 15 is 0 Å². The van der Waals surface area contributed by atoms with E-state index in [1.807, 2.05) is 6.07 Å². The van der Waals surface area contributed by atoms with E-state index in [0.717, 1.165) is 5.56 Å². The number of aryl methyl sites for hydroxylation is 1. The molecule has 1 aromatic carbocycles. The number of halogens is 2. The number of benzene rings is 1. The largest absolute Gasteiger partial charge is 0.386 e. The first-order chi connectivity index (χ1) is 8.56. The molecule has 0 bridgehead atoms. The van der Waals surface area contributed by atoms with Gasteiger partial charge in [0.1, 0.15) is 11.9 Å². The fourth-order valence-electron chi connectivity index (χ4n) is 1.66. The van der Waals surface area contributed by atoms with Crippen molar-refractivity contribution >= 4 is 23.2 Å². The highest BCUT2D eigenvalue weighted by Crippen LogP contribution is 2.25. The second-order valence-corrected chi connectivity index (χ2v) is 4.83. The van der Waals surface area contributed by atoms with Crippen molar-refractivity contribution in [3.63, 3.8) is 0 Å². The van der Waals surface area contributed by atoms with Crippen LogP contribution in [0.5, 0.6) is 0 Å². The van der Waals surface area contributed by atoms with Crippen molar-refractivity contribution in [3.05, 3.63) is 57.6 Å². The van der Waals surface area contributed by atoms with Crippen LogP contribution < -0.4 is 0 Å². The first-order valence-corrected chi connectivity index (χ1v) is 6.23. The minimum absolute atomic E-state index is 0.395. The summed E-state index contributed by atoms with van der Waals surface area (Å²) in [5.74, 6) is 0.633. The standard InChI is InChI=1S/C13H12Cl2N2O/c1-8-16-5-4-12(17-8)13(18)6-9-2-3-10(14)7-11(9)15/h2-5,7,13,18H,6H2,1H3. The highest BCUT2D eigenvalue weighted by atomic mass is 35.5. The van der Waals surface area contributed by atoms with Gasteiger partial charge in [-0.25, -0.2) is 9.97 Å². The molecule has 94 valence electrons. The Kier molecular flexibility index (Phi) is 4.17. The van der Waals surface area contributed by atoms with E-state index in [0.29, 0.717) is 28.0 Å². The van der Waals surface area contributed by atoms with Gasteiger partial charge in [-0.15, -0.1) is 0 Å². The second-order valence-electron chi connectivity index (χ2n) is 3.98. The molecule has 2 rings (SSSR count). The molecule has 1 unspecified atom stereocenters. The molecule has 1 aromatic heterocycles. The van der Waals surface area contributed by atoms with Crippen molar-refractivity contribution in [2.75, 3.05) is 0 Å². The lowest BCUT2D eigenvalue weighted by molar-refractivity contribution is 0.173. The summed E-state index contributed by atoms with van der Waals surface area (Å²) in [5, 5.41) is 11.2. The molecule has 1 heterocycles. The summed E-state index contributed by atoms with van der Waals surface area (Å²) >= 11 is 11.9. The maximum atomic E-state index is 10.1. The normalized spacial score (nSPS) is 12.4. The molecule has 0 fully saturated rings. The van der Waals surface area contributed by atoms with Crippen LogP contribution in [-0.4, -0.2) is 15.1 Å². The van der Waals surface area contributed by atoms with Crippen LogP contribution in [0.2, 0.25) is 10.0 Å². The summed E-state index contributed by atoms with van der Waals surface area (Å²) in [6.45, 7) is 1.78. The topological polar surface area (TPSA) is 46.0 Å². The number of hydrogen-bond donors (Lipinski definition) is 1. The van der Waals surface area contributed by atoms with Gasteiger partial charge in [0.2, 0.25) is 0 Å². The molecule has 5 heteroatoms. The van der Waals surface area contributed by atoms with Crippen molar-refractivity contribution in [1.29, 1.82) is 0 Å². The number of nitrogens with zero attached hydrogens (tertiary/aromatic N) is 2. The molecule has 0 saturated carbocycles. The first kappa shape index (κ1) is 13.3. The summed E-state index contributed by atoms with van der Waals surface area (Å²) in [6.07, 6.45) is 1.32. The number of hydrogen-bond acceptors (Lipinski definition) is 3. The van der Waals surface area contributed by atoms with E-state index < -0.39 is 6.10 Å². The number of rotatable bonds is 3. The van der Waals surface area contributed by atoms with Gasteiger partial charge in [0.25, 0.3) is 0 Å². The molecular formula is C13H12Cl2N2O. The third kappa shape index (κ3) is 3.19. The Morgan fingerprint density at radius 1 is 1.28 bits per heavy atom. The Balaban J connectivity index is 2.18. The van der Waals surface area contributed by atoms with Crippen molar-refractivity contribution in [2.24, 2.45) is 0 Å². The lowest BCUT2D eigenvalue weighted by atomic mass is 10.1. The molecule has 0 amide bonds. The molecule has 0 aliphatic carbocycles. The van der Waals surface area contributed by atoms with Gasteiger partial charge in [-0.05, 0) is 30.7 Å². The van der Waals surface area contributed by atoms with Gasteiger partial charge in [-0.1, -0.05) is 29.3 Å². The first-order valence-electron chi connectivity index (χ1n) is 5.48. The average molecular weight is 283 g/mol. The summed E-state index contributed by atoms with van der Waals surface area (Å²) in [5.41, 5.74) is 1.43. The maximum absolute atomic E-state index is 10.1. The van der Waals surface area contributed by atoms with Crippen molar-refractivity contribution in [3.8, 4) is 0 Å². The van der Waals surface area contributed by atoms with Crippen LogP contribution in [0.15, 0.2) is 30.5 Å². The zero-order chi connectivity index (χ0) is 13.1. The van der Waals surface area contributed by atoms with E-state index in [4.69, 9.17) is 23.2 Å². The van der Waals surface area contributed by atoms with Crippen LogP contribution in [0.25, 0.3) is 0 Å². The summed E-state index contributed by atoms with van der Waals surface area (Å²) in [6, 6.07) is 6.92. The Hall–Kier alpha value is -1.16. The van der Waals surface area contributed by atoms with Crippen molar-refractivity contribution in [2.45, 2.75) is 19.4 Å². The minimum Gasteiger partial charge on any atom is -0.386 e. The highest BCUT2D eigenvalue weighted by Gasteiger charge is 2.12. The summed E-state index contributed by atoms with van der Waals surface area (Å²) in [4.78, 5) is 8.18. The van der Waals surface area contributed by atoms with Crippen LogP contribution >= 0.6 is 23.2 Å². The van der Waals surface area contributed by atoms with Gasteiger partial charge in [0, 0.05) is 22.7 Å². The molecule has 3 nitrogen and oxygen atoms in total. The van der Waals surface area contributed by atoms with Gasteiger partial charge >= 0.3 is 0 Å². The van der Waals surface area contributed by atoms with Gasteiger partial charge < -0.3 is 5.11 Å². The molecule has 1 N–H and O–H groups in total. The minimum atomic E-state index is -0.703. The summed E-state index contributed by atoms with van der Waals surface area (Å²) < 4.78 is 0. The van der Waals surface area contributed by atoms with Gasteiger partial charge in [-0.2, -0.15) is 0 Å². The molecule has 1 atom stereocenters. The molecule has 0 aliphatic rings. The van der Waals surface area contributed by atoms with Gasteiger partial charge in [0.15, 0.2) is 0 Å². The Labute approximate surface area is 115 Å². The lowest BCUT2D eigenvalue weighted by Crippen LogP contribution is -2.06. The van der Waals surface area contributed by atoms with E-state index in [9.17, 15) is 5.11 Å². The van der Waals surface area contributed by atoms with E-state index in [-0.39, 0.29) is 0 Å². The fourth-order valence-corrected chi connectivity index (χ4v) is 2.15. The number of aliphatic hydroxyl groups is 1. The molecule has 18 heavy (non-hydrogen) atoms. The number of aliphatic hydroxyl groups excluding tert-OH is 1. The maximum Gasteiger partial charge on any atom is 0.125 e. The molecule has 0 radical (unpaired) electrons. The Bertz CT molecular complexity index is 560. The Morgan fingerprint density at radius 3 is 2.72 bits per heavy atom. The van der Waals surface area contributed by atoms with Crippen molar-refractivity contribution < 1.29 is 5.11 Å².